The van der Waals surface area contributed by atoms with Crippen LogP contribution in [0.4, 0.5) is 0 Å². The molecule has 0 spiro atoms. The van der Waals surface area contributed by atoms with Gasteiger partial charge in [-0.25, -0.2) is 0 Å². The van der Waals surface area contributed by atoms with Crippen molar-refractivity contribution in [1.82, 2.24) is 10.6 Å². The van der Waals surface area contributed by atoms with E-state index in [0.29, 0.717) is 11.6 Å². The SMILES string of the molecule is CCNCCNC(=O)c1ccc(-c2ccc(Cl)cc2)s1. The van der Waals surface area contributed by atoms with Gasteiger partial charge in [0.2, 0.25) is 0 Å². The van der Waals surface area contributed by atoms with Crippen molar-refractivity contribution in [3.05, 3.63) is 46.3 Å². The van der Waals surface area contributed by atoms with Gasteiger partial charge in [0.15, 0.2) is 0 Å². The molecule has 0 saturated heterocycles. The standard InChI is InChI=1S/C15H17ClN2OS/c1-2-17-9-10-18-15(19)14-8-7-13(20-14)11-3-5-12(16)6-4-11/h3-8,17H,2,9-10H2,1H3,(H,18,19). The van der Waals surface area contributed by atoms with Gasteiger partial charge < -0.3 is 10.6 Å². The van der Waals surface area contributed by atoms with Crippen molar-refractivity contribution in [2.45, 2.75) is 6.92 Å². The van der Waals surface area contributed by atoms with E-state index in [9.17, 15) is 4.79 Å². The molecule has 3 nitrogen and oxygen atoms in total. The van der Waals surface area contributed by atoms with Gasteiger partial charge in [0.1, 0.15) is 0 Å². The van der Waals surface area contributed by atoms with Crippen molar-refractivity contribution < 1.29 is 4.79 Å². The topological polar surface area (TPSA) is 41.1 Å². The lowest BCUT2D eigenvalue weighted by atomic mass is 10.2. The lowest BCUT2D eigenvalue weighted by Crippen LogP contribution is -2.31. The molecule has 0 saturated carbocycles. The van der Waals surface area contributed by atoms with Gasteiger partial charge >= 0.3 is 0 Å². The zero-order valence-electron chi connectivity index (χ0n) is 11.3. The monoisotopic (exact) mass is 308 g/mol. The predicted octanol–water partition coefficient (Wildman–Crippen LogP) is 3.41. The molecular weight excluding hydrogens is 292 g/mol. The maximum atomic E-state index is 12.0. The molecule has 0 radical (unpaired) electrons. The molecule has 2 aromatic rings. The van der Waals surface area contributed by atoms with Crippen molar-refractivity contribution in [3.63, 3.8) is 0 Å². The third-order valence-electron chi connectivity index (χ3n) is 2.80. The molecule has 1 aromatic heterocycles. The second-order valence-electron chi connectivity index (χ2n) is 4.28. The molecule has 0 atom stereocenters. The number of carbonyl (C=O) groups excluding carboxylic acids is 1. The molecule has 20 heavy (non-hydrogen) atoms. The highest BCUT2D eigenvalue weighted by molar-refractivity contribution is 7.17. The van der Waals surface area contributed by atoms with Crippen molar-refractivity contribution in [3.8, 4) is 10.4 Å². The van der Waals surface area contributed by atoms with E-state index in [0.717, 1.165) is 28.4 Å². The van der Waals surface area contributed by atoms with Crippen LogP contribution in [0, 0.1) is 0 Å². The summed E-state index contributed by atoms with van der Waals surface area (Å²) in [4.78, 5) is 13.8. The second kappa shape index (κ2) is 7.43. The molecule has 2 N–H and O–H groups in total. The Bertz CT molecular complexity index is 566. The largest absolute Gasteiger partial charge is 0.350 e. The summed E-state index contributed by atoms with van der Waals surface area (Å²) >= 11 is 7.36. The summed E-state index contributed by atoms with van der Waals surface area (Å²) in [5.41, 5.74) is 1.08. The summed E-state index contributed by atoms with van der Waals surface area (Å²) in [5, 5.41) is 6.78. The molecule has 1 aromatic carbocycles. The molecule has 0 fully saturated rings. The maximum absolute atomic E-state index is 12.0. The molecule has 0 aliphatic rings. The Kier molecular flexibility index (Phi) is 5.59. The van der Waals surface area contributed by atoms with Crippen LogP contribution in [0.3, 0.4) is 0 Å². The van der Waals surface area contributed by atoms with E-state index in [4.69, 9.17) is 11.6 Å². The first-order valence-electron chi connectivity index (χ1n) is 6.55. The summed E-state index contributed by atoms with van der Waals surface area (Å²) in [6.45, 7) is 4.38. The number of carbonyl (C=O) groups is 1. The fourth-order valence-corrected chi connectivity index (χ4v) is 2.81. The maximum Gasteiger partial charge on any atom is 0.261 e. The average molecular weight is 309 g/mol. The summed E-state index contributed by atoms with van der Waals surface area (Å²) in [5.74, 6) is -0.0203. The van der Waals surface area contributed by atoms with Crippen LogP contribution in [-0.2, 0) is 0 Å². The van der Waals surface area contributed by atoms with E-state index in [2.05, 4.69) is 10.6 Å². The number of thiophene rings is 1. The van der Waals surface area contributed by atoms with Gasteiger partial charge in [-0.05, 0) is 36.4 Å². The van der Waals surface area contributed by atoms with Crippen LogP contribution in [-0.4, -0.2) is 25.5 Å². The van der Waals surface area contributed by atoms with Gasteiger partial charge in [0, 0.05) is 23.0 Å². The van der Waals surface area contributed by atoms with E-state index >= 15 is 0 Å². The molecular formula is C15H17ClN2OS. The normalized spacial score (nSPS) is 10.5. The number of nitrogens with one attached hydrogen (secondary N) is 2. The van der Waals surface area contributed by atoms with Gasteiger partial charge in [-0.15, -0.1) is 11.3 Å². The fraction of sp³-hybridized carbons (Fsp3) is 0.267. The smallest absolute Gasteiger partial charge is 0.261 e. The van der Waals surface area contributed by atoms with Crippen LogP contribution in [0.2, 0.25) is 5.02 Å². The molecule has 0 aliphatic heterocycles. The fourth-order valence-electron chi connectivity index (χ4n) is 1.76. The number of amides is 1. The number of rotatable bonds is 6. The highest BCUT2D eigenvalue weighted by Crippen LogP contribution is 2.28. The highest BCUT2D eigenvalue weighted by Gasteiger charge is 2.09. The van der Waals surface area contributed by atoms with Crippen molar-refractivity contribution in [1.29, 1.82) is 0 Å². The van der Waals surface area contributed by atoms with Crippen LogP contribution in [0.5, 0.6) is 0 Å². The number of likely N-dealkylation sites (N-methyl/N-ethyl adjacent to an activating group) is 1. The Balaban J connectivity index is 1.98. The van der Waals surface area contributed by atoms with Gasteiger partial charge in [-0.1, -0.05) is 30.7 Å². The van der Waals surface area contributed by atoms with Crippen LogP contribution < -0.4 is 10.6 Å². The van der Waals surface area contributed by atoms with Crippen molar-refractivity contribution in [2.75, 3.05) is 19.6 Å². The lowest BCUT2D eigenvalue weighted by molar-refractivity contribution is 0.0958. The van der Waals surface area contributed by atoms with Crippen LogP contribution in [0.1, 0.15) is 16.6 Å². The van der Waals surface area contributed by atoms with Gasteiger partial charge in [0.25, 0.3) is 5.91 Å². The predicted molar refractivity (Wildman–Crippen MR) is 85.6 cm³/mol. The molecule has 1 heterocycles. The van der Waals surface area contributed by atoms with E-state index in [-0.39, 0.29) is 5.91 Å². The number of hydrogen-bond acceptors (Lipinski definition) is 3. The minimum Gasteiger partial charge on any atom is -0.350 e. The Hall–Kier alpha value is -1.36. The first kappa shape index (κ1) is 15.0. The van der Waals surface area contributed by atoms with Crippen LogP contribution >= 0.6 is 22.9 Å². The number of hydrogen-bond donors (Lipinski definition) is 2. The highest BCUT2D eigenvalue weighted by atomic mass is 35.5. The minimum atomic E-state index is -0.0203. The number of halogens is 1. The molecule has 5 heteroatoms. The van der Waals surface area contributed by atoms with Crippen LogP contribution in [0.25, 0.3) is 10.4 Å². The summed E-state index contributed by atoms with van der Waals surface area (Å²) in [6, 6.07) is 11.5. The molecule has 106 valence electrons. The van der Waals surface area contributed by atoms with Gasteiger partial charge in [0.05, 0.1) is 4.88 Å². The van der Waals surface area contributed by atoms with E-state index < -0.39 is 0 Å². The summed E-state index contributed by atoms with van der Waals surface area (Å²) < 4.78 is 0. The third kappa shape index (κ3) is 4.07. The van der Waals surface area contributed by atoms with E-state index in [1.807, 2.05) is 43.3 Å². The molecule has 0 unspecified atom stereocenters. The second-order valence-corrected chi connectivity index (χ2v) is 5.80. The first-order chi connectivity index (χ1) is 9.70. The van der Waals surface area contributed by atoms with Crippen molar-refractivity contribution >= 4 is 28.8 Å². The Morgan fingerprint density at radius 1 is 1.15 bits per heavy atom. The van der Waals surface area contributed by atoms with Gasteiger partial charge in [-0.2, -0.15) is 0 Å². The Morgan fingerprint density at radius 2 is 1.90 bits per heavy atom. The Morgan fingerprint density at radius 3 is 2.60 bits per heavy atom. The molecule has 2 rings (SSSR count). The zero-order chi connectivity index (χ0) is 14.4. The number of benzene rings is 1. The van der Waals surface area contributed by atoms with E-state index in [1.165, 1.54) is 11.3 Å². The Labute approximate surface area is 128 Å². The average Bonchev–Trinajstić information content (AvgIpc) is 2.94. The third-order valence-corrected chi connectivity index (χ3v) is 4.18. The lowest BCUT2D eigenvalue weighted by Gasteiger charge is -2.03. The van der Waals surface area contributed by atoms with E-state index in [1.54, 1.807) is 0 Å². The van der Waals surface area contributed by atoms with Gasteiger partial charge in [-0.3, -0.25) is 4.79 Å². The van der Waals surface area contributed by atoms with Crippen molar-refractivity contribution in [2.24, 2.45) is 0 Å². The quantitative estimate of drug-likeness (QED) is 0.803. The molecule has 0 aliphatic carbocycles. The summed E-state index contributed by atoms with van der Waals surface area (Å²) in [6.07, 6.45) is 0. The van der Waals surface area contributed by atoms with Crippen LogP contribution in [0.15, 0.2) is 36.4 Å². The minimum absolute atomic E-state index is 0.0203. The molecule has 1 amide bonds. The molecule has 0 bridgehead atoms. The first-order valence-corrected chi connectivity index (χ1v) is 7.75. The summed E-state index contributed by atoms with van der Waals surface area (Å²) in [7, 11) is 0. The zero-order valence-corrected chi connectivity index (χ0v) is 12.9.